The molecule has 1 aliphatic rings. The van der Waals surface area contributed by atoms with Crippen LogP contribution in [-0.2, 0) is 4.79 Å². The Bertz CT molecular complexity index is 279. The molecule has 8 heteroatoms. The van der Waals surface area contributed by atoms with Crippen molar-refractivity contribution in [1.82, 2.24) is 5.32 Å². The molecule has 0 bridgehead atoms. The maximum atomic E-state index is 12.4. The average Bonchev–Trinajstić information content (AvgIpc) is 2.28. The van der Waals surface area contributed by atoms with E-state index in [1.165, 1.54) is 7.05 Å². The topological polar surface area (TPSA) is 41.5 Å². The number of hydrogen-bond donors (Lipinski definition) is 1. The van der Waals surface area contributed by atoms with E-state index < -0.39 is 54.7 Å². The van der Waals surface area contributed by atoms with Crippen LogP contribution in [0.5, 0.6) is 0 Å². The molecule has 1 unspecified atom stereocenters. The number of nitrogens with zero attached hydrogens (tertiary/aromatic N) is 1. The molecule has 0 aromatic heterocycles. The molecule has 13 heavy (non-hydrogen) atoms. The first kappa shape index (κ1) is 11.8. The zero-order valence-corrected chi connectivity index (χ0v) is 15.9. The molecule has 1 aliphatic heterocycles. The van der Waals surface area contributed by atoms with Gasteiger partial charge in [0.1, 0.15) is 0 Å². The van der Waals surface area contributed by atoms with E-state index in [4.69, 9.17) is 0 Å². The first-order valence-corrected chi connectivity index (χ1v) is 8.30. The fourth-order valence-corrected chi connectivity index (χ4v) is 4.45. The first-order chi connectivity index (χ1) is 5.81. The van der Waals surface area contributed by atoms with Gasteiger partial charge < -0.3 is 0 Å². The molecule has 0 aliphatic carbocycles. The SMILES string of the molecule is CNC1=NC(=O)[C]([RaH])(C(F)(F)F)S1. The van der Waals surface area contributed by atoms with Gasteiger partial charge in [-0.05, 0) is 0 Å². The number of nitrogens with one attached hydrogen (secondary N) is 1. The number of alkyl halides is 3. The Morgan fingerprint density at radius 1 is 1.62 bits per heavy atom. The molecule has 0 radical (unpaired) electrons. The van der Waals surface area contributed by atoms with Crippen LogP contribution in [0.25, 0.3) is 0 Å². The molecule has 1 N–H and O–H groups in total. The molecule has 0 saturated carbocycles. The van der Waals surface area contributed by atoms with Gasteiger partial charge in [-0.25, -0.2) is 0 Å². The number of hydrogen-bond acceptors (Lipinski definition) is 3. The fourth-order valence-electron chi connectivity index (χ4n) is 0.745. The van der Waals surface area contributed by atoms with Crippen LogP contribution in [0.1, 0.15) is 0 Å². The predicted molar refractivity (Wildman–Crippen MR) is 39.3 cm³/mol. The number of carbonyl (C=O) groups is 1. The second-order valence-corrected chi connectivity index (χ2v) is 13.2. The van der Waals surface area contributed by atoms with Gasteiger partial charge in [0.05, 0.1) is 0 Å². The first-order valence-electron chi connectivity index (χ1n) is 3.38. The third kappa shape index (κ3) is 2.06. The van der Waals surface area contributed by atoms with E-state index in [0.29, 0.717) is 11.8 Å². The number of halogens is 3. The van der Waals surface area contributed by atoms with Crippen molar-refractivity contribution in [1.29, 1.82) is 0 Å². The molecule has 0 fully saturated rings. The Kier molecular flexibility index (Phi) is 3.38. The van der Waals surface area contributed by atoms with Crippen molar-refractivity contribution in [2.45, 2.75) is 5.96 Å². The third-order valence-electron chi connectivity index (χ3n) is 1.67. The zero-order chi connectivity index (χ0) is 10.3. The van der Waals surface area contributed by atoms with E-state index in [1.807, 2.05) is 0 Å². The standard InChI is InChI=1S/C5H4F3N2OS.Ra.H/c1-9-4-10-3(11)2(12-4)5(6,7)8;;/h1H3,(H,9,10,11);;. The molecule has 1 amide bonds. The molecule has 1 heterocycles. The van der Waals surface area contributed by atoms with Gasteiger partial charge >= 0.3 is 107 Å². The molecule has 0 aromatic rings. The molecule has 0 aromatic carbocycles. The van der Waals surface area contributed by atoms with Gasteiger partial charge in [-0.15, -0.1) is 0 Å². The monoisotopic (exact) mass is 424 g/mol. The molecule has 70 valence electrons. The summed E-state index contributed by atoms with van der Waals surface area (Å²) in [7, 11) is 1.44. The summed E-state index contributed by atoms with van der Waals surface area (Å²) in [6.07, 6.45) is -4.47. The van der Waals surface area contributed by atoms with Crippen LogP contribution in [0, 0.1) is 42.8 Å². The van der Waals surface area contributed by atoms with Crippen molar-refractivity contribution in [3.8, 4) is 0 Å². The number of thioether (sulfide) groups is 1. The summed E-state index contributed by atoms with van der Waals surface area (Å²) in [5.41, 5.74) is 0. The maximum absolute atomic E-state index is 12.4. The van der Waals surface area contributed by atoms with Crippen molar-refractivity contribution in [2.24, 2.45) is 4.99 Å². The van der Waals surface area contributed by atoms with Gasteiger partial charge in [-0.3, -0.25) is 0 Å². The molecular weight excluding hydrogens is 419 g/mol. The Balaban J connectivity index is 2.95. The molecular formula is C5H5F3N2ORaS. The van der Waals surface area contributed by atoms with Gasteiger partial charge in [-0.2, -0.15) is 0 Å². The summed E-state index contributed by atoms with van der Waals surface area (Å²) >= 11 is -0.539. The predicted octanol–water partition coefficient (Wildman–Crippen LogP) is 0.375. The second kappa shape index (κ2) is 3.72. The zero-order valence-electron chi connectivity index (χ0n) is 6.90. The van der Waals surface area contributed by atoms with E-state index in [0.717, 1.165) is 0 Å². The molecule has 1 rings (SSSR count). The Labute approximate surface area is 106 Å². The van der Waals surface area contributed by atoms with Gasteiger partial charge in [-0.1, -0.05) is 0 Å². The van der Waals surface area contributed by atoms with Gasteiger partial charge in [0, 0.05) is 0 Å². The van der Waals surface area contributed by atoms with Crippen molar-refractivity contribution in [3.05, 3.63) is 0 Å². The van der Waals surface area contributed by atoms with Crippen LogP contribution >= 0.6 is 11.8 Å². The molecule has 0 spiro atoms. The summed E-state index contributed by atoms with van der Waals surface area (Å²) in [5.74, 6) is -1.06. The van der Waals surface area contributed by atoms with E-state index in [1.54, 1.807) is 0 Å². The number of carbonyl (C=O) groups excluding carboxylic acids is 1. The van der Waals surface area contributed by atoms with Gasteiger partial charge in [0.25, 0.3) is 0 Å². The van der Waals surface area contributed by atoms with Crippen LogP contribution in [0.15, 0.2) is 4.99 Å². The second-order valence-electron chi connectivity index (χ2n) is 2.61. The summed E-state index contributed by atoms with van der Waals surface area (Å²) < 4.78 is 35.1. The Morgan fingerprint density at radius 2 is 2.15 bits per heavy atom. The van der Waals surface area contributed by atoms with Crippen molar-refractivity contribution < 1.29 is 60.8 Å². The van der Waals surface area contributed by atoms with Crippen molar-refractivity contribution in [2.75, 3.05) is 7.05 Å². The molecule has 1 atom stereocenters. The van der Waals surface area contributed by atoms with Crippen molar-refractivity contribution >= 4 is 22.8 Å². The van der Waals surface area contributed by atoms with E-state index >= 15 is 0 Å². The summed E-state index contributed by atoms with van der Waals surface area (Å²) in [5, 5.41) is 2.51. The van der Waals surface area contributed by atoms with Gasteiger partial charge in [0.2, 0.25) is 0 Å². The van der Waals surface area contributed by atoms with Gasteiger partial charge in [0.15, 0.2) is 0 Å². The Hall–Kier alpha value is 0.748. The van der Waals surface area contributed by atoms with Crippen LogP contribution in [0.4, 0.5) is 13.2 Å². The number of aliphatic imine (C=N–C) groups is 1. The summed E-state index contributed by atoms with van der Waals surface area (Å²) in [6, 6.07) is 0. The quantitative estimate of drug-likeness (QED) is 0.612. The number of amides is 1. The van der Waals surface area contributed by atoms with E-state index in [2.05, 4.69) is 10.3 Å². The summed E-state index contributed by atoms with van der Waals surface area (Å²) in [4.78, 5) is 14.3. The van der Waals surface area contributed by atoms with Crippen LogP contribution < -0.4 is 5.32 Å². The van der Waals surface area contributed by atoms with Crippen LogP contribution in [0.2, 0.25) is 0 Å². The minimum atomic E-state index is -4.47. The molecule has 0 saturated heterocycles. The summed E-state index contributed by atoms with van der Waals surface area (Å²) in [6.45, 7) is 0. The molecule has 3 nitrogen and oxygen atoms in total. The van der Waals surface area contributed by atoms with Crippen LogP contribution in [-0.4, -0.2) is 24.1 Å². The van der Waals surface area contributed by atoms with Crippen molar-refractivity contribution in [3.63, 3.8) is 0 Å². The van der Waals surface area contributed by atoms with Crippen LogP contribution in [0.3, 0.4) is 0 Å². The third-order valence-corrected chi connectivity index (χ3v) is 9.57. The minimum absolute atomic E-state index is 0.0619. The number of rotatable bonds is 0. The van der Waals surface area contributed by atoms with E-state index in [-0.39, 0.29) is 5.17 Å². The average molecular weight is 424 g/mol. The fraction of sp³-hybridized carbons (Fsp3) is 0.600. The van der Waals surface area contributed by atoms with E-state index in [9.17, 15) is 18.0 Å². The Morgan fingerprint density at radius 3 is 2.38 bits per heavy atom. The normalized spacial score (nSPS) is 28.8. The number of amidine groups is 1.